The molecule has 3 heterocycles. The second-order valence-corrected chi connectivity index (χ2v) is 5.47. The van der Waals surface area contributed by atoms with Crippen molar-refractivity contribution in [2.45, 2.75) is 6.92 Å². The lowest BCUT2D eigenvalue weighted by molar-refractivity contribution is 0.468. The zero-order valence-electron chi connectivity index (χ0n) is 12.9. The molecule has 118 valence electrons. The largest absolute Gasteiger partial charge is 0.464 e. The van der Waals surface area contributed by atoms with Gasteiger partial charge in [0.05, 0.1) is 11.6 Å². The van der Waals surface area contributed by atoms with E-state index < -0.39 is 0 Å². The normalized spacial score (nSPS) is 10.9. The molecule has 0 atom stereocenters. The van der Waals surface area contributed by atoms with Gasteiger partial charge in [0.25, 0.3) is 0 Å². The Morgan fingerprint density at radius 3 is 2.88 bits per heavy atom. The zero-order valence-corrected chi connectivity index (χ0v) is 12.9. The fraction of sp³-hybridized carbons (Fsp3) is 0.0526. The number of aromatic amines is 1. The quantitative estimate of drug-likeness (QED) is 0.612. The standard InChI is InChI=1S/C19H14N2O3/c1-12-10-14(2-3-15(12)13-4-7-20-18(22)11-13)24-19-16-6-9-23-17(16)5-8-21-19/h2-11H,1H3,(H,20,22). The van der Waals surface area contributed by atoms with Gasteiger partial charge in [0, 0.05) is 18.5 Å². The van der Waals surface area contributed by atoms with Gasteiger partial charge in [0.1, 0.15) is 11.3 Å². The summed E-state index contributed by atoms with van der Waals surface area (Å²) in [7, 11) is 0. The summed E-state index contributed by atoms with van der Waals surface area (Å²) >= 11 is 0. The Labute approximate surface area is 137 Å². The lowest BCUT2D eigenvalue weighted by Gasteiger charge is -2.10. The Morgan fingerprint density at radius 1 is 1.12 bits per heavy atom. The fourth-order valence-corrected chi connectivity index (χ4v) is 2.70. The molecule has 0 aliphatic heterocycles. The Morgan fingerprint density at radius 2 is 2.04 bits per heavy atom. The summed E-state index contributed by atoms with van der Waals surface area (Å²) in [6.07, 6.45) is 4.91. The van der Waals surface area contributed by atoms with Crippen molar-refractivity contribution in [1.82, 2.24) is 9.97 Å². The summed E-state index contributed by atoms with van der Waals surface area (Å²) in [4.78, 5) is 18.4. The van der Waals surface area contributed by atoms with Crippen LogP contribution in [0, 0.1) is 6.92 Å². The van der Waals surface area contributed by atoms with E-state index in [1.54, 1.807) is 30.8 Å². The second kappa shape index (κ2) is 5.70. The van der Waals surface area contributed by atoms with Crippen molar-refractivity contribution in [3.63, 3.8) is 0 Å². The number of nitrogens with zero attached hydrogens (tertiary/aromatic N) is 1. The van der Waals surface area contributed by atoms with Crippen LogP contribution in [-0.2, 0) is 0 Å². The van der Waals surface area contributed by atoms with Gasteiger partial charge in [0.15, 0.2) is 0 Å². The minimum atomic E-state index is -0.122. The first-order valence-electron chi connectivity index (χ1n) is 7.50. The maximum absolute atomic E-state index is 11.5. The van der Waals surface area contributed by atoms with Crippen molar-refractivity contribution < 1.29 is 9.15 Å². The number of H-pyrrole nitrogens is 1. The Bertz CT molecular complexity index is 1080. The van der Waals surface area contributed by atoms with E-state index >= 15 is 0 Å². The molecule has 4 rings (SSSR count). The molecule has 3 aromatic heterocycles. The van der Waals surface area contributed by atoms with Crippen molar-refractivity contribution in [1.29, 1.82) is 0 Å². The Kier molecular flexibility index (Phi) is 3.39. The minimum absolute atomic E-state index is 0.122. The second-order valence-electron chi connectivity index (χ2n) is 5.47. The molecule has 0 radical (unpaired) electrons. The number of ether oxygens (including phenoxy) is 1. The average molecular weight is 318 g/mol. The van der Waals surface area contributed by atoms with Gasteiger partial charge >= 0.3 is 0 Å². The summed E-state index contributed by atoms with van der Waals surface area (Å²) in [5.41, 5.74) is 3.48. The topological polar surface area (TPSA) is 68.1 Å². The summed E-state index contributed by atoms with van der Waals surface area (Å²) in [5, 5.41) is 0.828. The van der Waals surface area contributed by atoms with Crippen molar-refractivity contribution in [2.75, 3.05) is 0 Å². The highest BCUT2D eigenvalue weighted by Gasteiger charge is 2.09. The molecule has 24 heavy (non-hydrogen) atoms. The molecular weight excluding hydrogens is 304 g/mol. The SMILES string of the molecule is Cc1cc(Oc2nccc3occc23)ccc1-c1cc[nH]c(=O)c1. The van der Waals surface area contributed by atoms with Crippen molar-refractivity contribution in [2.24, 2.45) is 0 Å². The third-order valence-corrected chi connectivity index (χ3v) is 3.84. The van der Waals surface area contributed by atoms with Crippen LogP contribution in [0.3, 0.4) is 0 Å². The van der Waals surface area contributed by atoms with E-state index in [1.807, 2.05) is 37.3 Å². The van der Waals surface area contributed by atoms with E-state index in [-0.39, 0.29) is 5.56 Å². The van der Waals surface area contributed by atoms with Gasteiger partial charge in [-0.05, 0) is 53.9 Å². The summed E-state index contributed by atoms with van der Waals surface area (Å²) in [6.45, 7) is 1.98. The van der Waals surface area contributed by atoms with Crippen LogP contribution in [0.1, 0.15) is 5.56 Å². The molecule has 0 fully saturated rings. The molecule has 0 spiro atoms. The van der Waals surface area contributed by atoms with Gasteiger partial charge in [-0.3, -0.25) is 4.79 Å². The number of rotatable bonds is 3. The molecule has 0 amide bonds. The number of aryl methyl sites for hydroxylation is 1. The monoisotopic (exact) mass is 318 g/mol. The predicted octanol–water partition coefficient (Wildman–Crippen LogP) is 4.28. The molecule has 0 unspecified atom stereocenters. The van der Waals surface area contributed by atoms with Crippen LogP contribution in [0.4, 0.5) is 0 Å². The van der Waals surface area contributed by atoms with Gasteiger partial charge in [-0.15, -0.1) is 0 Å². The Balaban J connectivity index is 1.69. The average Bonchev–Trinajstić information content (AvgIpc) is 3.05. The third kappa shape index (κ3) is 2.56. The maximum atomic E-state index is 11.5. The zero-order chi connectivity index (χ0) is 16.5. The van der Waals surface area contributed by atoms with Gasteiger partial charge < -0.3 is 14.1 Å². The van der Waals surface area contributed by atoms with Gasteiger partial charge in [-0.1, -0.05) is 6.07 Å². The van der Waals surface area contributed by atoms with E-state index in [2.05, 4.69) is 9.97 Å². The van der Waals surface area contributed by atoms with E-state index in [0.717, 1.165) is 27.7 Å². The van der Waals surface area contributed by atoms with Gasteiger partial charge in [0.2, 0.25) is 11.4 Å². The number of nitrogens with one attached hydrogen (secondary N) is 1. The number of fused-ring (bicyclic) bond motifs is 1. The lowest BCUT2D eigenvalue weighted by atomic mass is 10.0. The first-order chi connectivity index (χ1) is 11.7. The maximum Gasteiger partial charge on any atom is 0.248 e. The molecule has 4 aromatic rings. The summed E-state index contributed by atoms with van der Waals surface area (Å²) in [6, 6.07) is 12.8. The van der Waals surface area contributed by atoms with Gasteiger partial charge in [-0.25, -0.2) is 4.98 Å². The minimum Gasteiger partial charge on any atom is -0.464 e. The third-order valence-electron chi connectivity index (χ3n) is 3.84. The molecular formula is C19H14N2O3. The highest BCUT2D eigenvalue weighted by molar-refractivity contribution is 5.82. The molecule has 5 heteroatoms. The van der Waals surface area contributed by atoms with E-state index in [4.69, 9.17) is 9.15 Å². The number of hydrogen-bond donors (Lipinski definition) is 1. The number of furan rings is 1. The first-order valence-corrected chi connectivity index (χ1v) is 7.50. The smallest absolute Gasteiger partial charge is 0.248 e. The first kappa shape index (κ1) is 14.3. The Hall–Kier alpha value is -3.34. The number of hydrogen-bond acceptors (Lipinski definition) is 4. The highest BCUT2D eigenvalue weighted by Crippen LogP contribution is 2.31. The number of benzene rings is 1. The fourth-order valence-electron chi connectivity index (χ4n) is 2.70. The van der Waals surface area contributed by atoms with Crippen LogP contribution in [0.2, 0.25) is 0 Å². The van der Waals surface area contributed by atoms with Crippen LogP contribution in [0.5, 0.6) is 11.6 Å². The molecule has 0 aliphatic rings. The van der Waals surface area contributed by atoms with Crippen molar-refractivity contribution in [3.05, 3.63) is 77.0 Å². The summed E-state index contributed by atoms with van der Waals surface area (Å²) < 4.78 is 11.3. The molecule has 5 nitrogen and oxygen atoms in total. The lowest BCUT2D eigenvalue weighted by Crippen LogP contribution is -2.02. The van der Waals surface area contributed by atoms with Crippen molar-refractivity contribution in [3.8, 4) is 22.8 Å². The molecule has 1 aromatic carbocycles. The van der Waals surface area contributed by atoms with Crippen LogP contribution in [0.25, 0.3) is 22.1 Å². The number of aromatic nitrogens is 2. The van der Waals surface area contributed by atoms with Crippen LogP contribution in [0.15, 0.2) is 70.3 Å². The molecule has 1 N–H and O–H groups in total. The van der Waals surface area contributed by atoms with Crippen LogP contribution in [-0.4, -0.2) is 9.97 Å². The molecule has 0 saturated heterocycles. The molecule has 0 bridgehead atoms. The predicted molar refractivity (Wildman–Crippen MR) is 91.3 cm³/mol. The van der Waals surface area contributed by atoms with Crippen molar-refractivity contribution >= 4 is 11.0 Å². The van der Waals surface area contributed by atoms with E-state index in [9.17, 15) is 4.79 Å². The van der Waals surface area contributed by atoms with E-state index in [1.165, 1.54) is 0 Å². The van der Waals surface area contributed by atoms with Crippen LogP contribution < -0.4 is 10.3 Å². The van der Waals surface area contributed by atoms with Gasteiger partial charge in [-0.2, -0.15) is 0 Å². The highest BCUT2D eigenvalue weighted by atomic mass is 16.5. The summed E-state index contributed by atoms with van der Waals surface area (Å²) in [5.74, 6) is 1.19. The van der Waals surface area contributed by atoms with Crippen LogP contribution >= 0.6 is 0 Å². The molecule has 0 saturated carbocycles. The van der Waals surface area contributed by atoms with E-state index in [0.29, 0.717) is 11.6 Å². The molecule has 0 aliphatic carbocycles. The number of pyridine rings is 2.